The van der Waals surface area contributed by atoms with Crippen LogP contribution in [0.3, 0.4) is 0 Å². The second-order valence-electron chi connectivity index (χ2n) is 3.17. The Balaban J connectivity index is 2.23. The van der Waals surface area contributed by atoms with Crippen molar-refractivity contribution in [2.75, 3.05) is 0 Å². The summed E-state index contributed by atoms with van der Waals surface area (Å²) in [6.07, 6.45) is 0. The summed E-state index contributed by atoms with van der Waals surface area (Å²) in [4.78, 5) is 0. The van der Waals surface area contributed by atoms with Crippen molar-refractivity contribution in [2.45, 2.75) is 0 Å². The first kappa shape index (κ1) is 11.2. The Labute approximate surface area is 106 Å². The maximum Gasteiger partial charge on any atom is 0.166 e. The van der Waals surface area contributed by atoms with Gasteiger partial charge in [0.15, 0.2) is 11.6 Å². The second kappa shape index (κ2) is 4.69. The van der Waals surface area contributed by atoms with Gasteiger partial charge in [-0.1, -0.05) is 0 Å². The molecule has 2 rings (SSSR count). The molecule has 1 N–H and O–H groups in total. The lowest BCUT2D eigenvalue weighted by molar-refractivity contribution is 0.438. The van der Waals surface area contributed by atoms with Crippen LogP contribution < -0.4 is 4.74 Å². The molecule has 0 aliphatic heterocycles. The zero-order valence-corrected chi connectivity index (χ0v) is 10.3. The SMILES string of the molecule is Oc1ccc(Oc2ccc(I)cc2F)cc1. The van der Waals surface area contributed by atoms with Crippen LogP contribution in [-0.4, -0.2) is 5.11 Å². The van der Waals surface area contributed by atoms with Crippen LogP contribution in [0.25, 0.3) is 0 Å². The number of rotatable bonds is 2. The molecule has 2 nitrogen and oxygen atoms in total. The third kappa shape index (κ3) is 2.63. The third-order valence-electron chi connectivity index (χ3n) is 1.96. The van der Waals surface area contributed by atoms with E-state index in [2.05, 4.69) is 0 Å². The molecule has 0 unspecified atom stereocenters. The monoisotopic (exact) mass is 330 g/mol. The minimum absolute atomic E-state index is 0.149. The Hall–Kier alpha value is -1.30. The Morgan fingerprint density at radius 2 is 1.75 bits per heavy atom. The van der Waals surface area contributed by atoms with Gasteiger partial charge in [-0.25, -0.2) is 4.39 Å². The normalized spacial score (nSPS) is 10.1. The van der Waals surface area contributed by atoms with Crippen LogP contribution >= 0.6 is 22.6 Å². The van der Waals surface area contributed by atoms with Crippen LogP contribution in [-0.2, 0) is 0 Å². The summed E-state index contributed by atoms with van der Waals surface area (Å²) in [5.41, 5.74) is 0. The summed E-state index contributed by atoms with van der Waals surface area (Å²) in [6, 6.07) is 10.9. The first-order valence-corrected chi connectivity index (χ1v) is 5.65. The molecule has 0 spiro atoms. The summed E-state index contributed by atoms with van der Waals surface area (Å²) < 4.78 is 19.6. The number of hydrogen-bond acceptors (Lipinski definition) is 2. The molecule has 0 saturated carbocycles. The zero-order valence-electron chi connectivity index (χ0n) is 8.15. The van der Waals surface area contributed by atoms with E-state index in [1.165, 1.54) is 18.2 Å². The smallest absolute Gasteiger partial charge is 0.166 e. The highest BCUT2D eigenvalue weighted by Gasteiger charge is 2.04. The van der Waals surface area contributed by atoms with Crippen molar-refractivity contribution in [3.63, 3.8) is 0 Å². The van der Waals surface area contributed by atoms with Crippen molar-refractivity contribution < 1.29 is 14.2 Å². The summed E-state index contributed by atoms with van der Waals surface area (Å²) in [7, 11) is 0. The molecule has 82 valence electrons. The Morgan fingerprint density at radius 3 is 2.38 bits per heavy atom. The first-order chi connectivity index (χ1) is 7.65. The van der Waals surface area contributed by atoms with Crippen molar-refractivity contribution in [1.29, 1.82) is 0 Å². The number of halogens is 2. The summed E-state index contributed by atoms with van der Waals surface area (Å²) >= 11 is 2.03. The van der Waals surface area contributed by atoms with Gasteiger partial charge in [0.2, 0.25) is 0 Å². The van der Waals surface area contributed by atoms with E-state index in [0.29, 0.717) is 5.75 Å². The van der Waals surface area contributed by atoms with E-state index in [1.807, 2.05) is 22.6 Å². The Bertz CT molecular complexity index is 497. The predicted octanol–water partition coefficient (Wildman–Crippen LogP) is 3.93. The number of hydrogen-bond donors (Lipinski definition) is 1. The molecule has 0 aliphatic rings. The van der Waals surface area contributed by atoms with Gasteiger partial charge >= 0.3 is 0 Å². The number of ether oxygens (including phenoxy) is 1. The van der Waals surface area contributed by atoms with Crippen LogP contribution in [0.5, 0.6) is 17.2 Å². The molecule has 0 aromatic heterocycles. The van der Waals surface area contributed by atoms with Gasteiger partial charge in [0.25, 0.3) is 0 Å². The maximum absolute atomic E-state index is 13.4. The maximum atomic E-state index is 13.4. The highest BCUT2D eigenvalue weighted by molar-refractivity contribution is 14.1. The van der Waals surface area contributed by atoms with Crippen molar-refractivity contribution in [3.8, 4) is 17.2 Å². The highest BCUT2D eigenvalue weighted by Crippen LogP contribution is 2.26. The molecule has 16 heavy (non-hydrogen) atoms. The largest absolute Gasteiger partial charge is 0.508 e. The van der Waals surface area contributed by atoms with E-state index in [4.69, 9.17) is 9.84 Å². The van der Waals surface area contributed by atoms with E-state index in [1.54, 1.807) is 24.3 Å². The van der Waals surface area contributed by atoms with Crippen LogP contribution in [0, 0.1) is 9.39 Å². The minimum atomic E-state index is -0.403. The summed E-state index contributed by atoms with van der Waals surface area (Å²) in [5.74, 6) is 0.402. The van der Waals surface area contributed by atoms with E-state index in [-0.39, 0.29) is 11.5 Å². The van der Waals surface area contributed by atoms with Crippen LogP contribution in [0.15, 0.2) is 42.5 Å². The van der Waals surface area contributed by atoms with Gasteiger partial charge in [0.1, 0.15) is 11.5 Å². The van der Waals surface area contributed by atoms with E-state index in [9.17, 15) is 4.39 Å². The fourth-order valence-electron chi connectivity index (χ4n) is 1.20. The fourth-order valence-corrected chi connectivity index (χ4v) is 1.65. The molecule has 0 fully saturated rings. The minimum Gasteiger partial charge on any atom is -0.508 e. The van der Waals surface area contributed by atoms with Crippen molar-refractivity contribution in [1.82, 2.24) is 0 Å². The number of phenolic OH excluding ortho intramolecular Hbond substituents is 1. The fraction of sp³-hybridized carbons (Fsp3) is 0. The van der Waals surface area contributed by atoms with Gasteiger partial charge in [0.05, 0.1) is 0 Å². The number of aromatic hydroxyl groups is 1. The predicted molar refractivity (Wildman–Crippen MR) is 67.3 cm³/mol. The molecule has 0 heterocycles. The highest BCUT2D eigenvalue weighted by atomic mass is 127. The zero-order chi connectivity index (χ0) is 11.5. The van der Waals surface area contributed by atoms with E-state index >= 15 is 0 Å². The van der Waals surface area contributed by atoms with Gasteiger partial charge in [-0.2, -0.15) is 0 Å². The van der Waals surface area contributed by atoms with Gasteiger partial charge in [0, 0.05) is 3.57 Å². The van der Waals surface area contributed by atoms with Crippen LogP contribution in [0.1, 0.15) is 0 Å². The number of phenols is 1. The average molecular weight is 330 g/mol. The van der Waals surface area contributed by atoms with Crippen molar-refractivity contribution in [2.24, 2.45) is 0 Å². The van der Waals surface area contributed by atoms with Gasteiger partial charge < -0.3 is 9.84 Å². The summed E-state index contributed by atoms with van der Waals surface area (Å²) in [6.45, 7) is 0. The molecule has 0 bridgehead atoms. The van der Waals surface area contributed by atoms with E-state index < -0.39 is 5.82 Å². The molecule has 2 aromatic rings. The topological polar surface area (TPSA) is 29.5 Å². The van der Waals surface area contributed by atoms with Gasteiger partial charge in [-0.3, -0.25) is 0 Å². The Kier molecular flexibility index (Phi) is 3.28. The van der Waals surface area contributed by atoms with Crippen LogP contribution in [0.2, 0.25) is 0 Å². The molecule has 0 atom stereocenters. The van der Waals surface area contributed by atoms with Crippen molar-refractivity contribution >= 4 is 22.6 Å². The molecular weight excluding hydrogens is 322 g/mol. The molecule has 0 radical (unpaired) electrons. The Morgan fingerprint density at radius 1 is 1.06 bits per heavy atom. The molecule has 2 aromatic carbocycles. The molecule has 0 aliphatic carbocycles. The lowest BCUT2D eigenvalue weighted by Gasteiger charge is -2.06. The molecule has 4 heteroatoms. The second-order valence-corrected chi connectivity index (χ2v) is 4.42. The summed E-state index contributed by atoms with van der Waals surface area (Å²) in [5, 5.41) is 9.08. The average Bonchev–Trinajstić information content (AvgIpc) is 2.25. The lowest BCUT2D eigenvalue weighted by Crippen LogP contribution is -1.88. The molecular formula is C12H8FIO2. The standard InChI is InChI=1S/C12H8FIO2/c13-11-7-8(14)1-6-12(11)16-10-4-2-9(15)3-5-10/h1-7,15H. The first-order valence-electron chi connectivity index (χ1n) is 4.57. The molecule has 0 amide bonds. The quantitative estimate of drug-likeness (QED) is 0.846. The number of benzene rings is 2. The van der Waals surface area contributed by atoms with E-state index in [0.717, 1.165) is 3.57 Å². The molecule has 0 saturated heterocycles. The lowest BCUT2D eigenvalue weighted by atomic mass is 10.3. The van der Waals surface area contributed by atoms with Crippen LogP contribution in [0.4, 0.5) is 4.39 Å². The van der Waals surface area contributed by atoms with Gasteiger partial charge in [-0.15, -0.1) is 0 Å². The van der Waals surface area contributed by atoms with Crippen molar-refractivity contribution in [3.05, 3.63) is 51.9 Å². The third-order valence-corrected chi connectivity index (χ3v) is 2.63. The van der Waals surface area contributed by atoms with Gasteiger partial charge in [-0.05, 0) is 65.1 Å².